The molecular formula is C16H11NaO6S2. The van der Waals surface area contributed by atoms with Crippen LogP contribution < -0.4 is 34.7 Å². The number of rotatable bonds is 5. The van der Waals surface area contributed by atoms with E-state index in [-0.39, 0.29) is 47.5 Å². The van der Waals surface area contributed by atoms with Crippen LogP contribution in [-0.4, -0.2) is 23.5 Å². The van der Waals surface area contributed by atoms with Crippen molar-refractivity contribution >= 4 is 46.2 Å². The van der Waals surface area contributed by atoms with Gasteiger partial charge in [-0.3, -0.25) is 14.4 Å². The molecule has 0 fully saturated rings. The van der Waals surface area contributed by atoms with Crippen molar-refractivity contribution in [1.29, 1.82) is 0 Å². The van der Waals surface area contributed by atoms with Crippen LogP contribution in [0.4, 0.5) is 0 Å². The van der Waals surface area contributed by atoms with Gasteiger partial charge in [-0.1, -0.05) is 0 Å². The van der Waals surface area contributed by atoms with Crippen LogP contribution >= 0.6 is 22.7 Å². The van der Waals surface area contributed by atoms with Crippen molar-refractivity contribution in [2.24, 2.45) is 0 Å². The zero-order valence-electron chi connectivity index (χ0n) is 13.5. The number of carboxylic acid groups (broad SMARTS) is 1. The molecule has 2 aromatic heterocycles. The third kappa shape index (κ3) is 3.93. The van der Waals surface area contributed by atoms with E-state index in [1.807, 2.05) is 0 Å². The van der Waals surface area contributed by atoms with Crippen molar-refractivity contribution in [3.8, 4) is 0 Å². The van der Waals surface area contributed by atoms with Crippen LogP contribution in [0.1, 0.15) is 61.2 Å². The molecule has 0 saturated heterocycles. The summed E-state index contributed by atoms with van der Waals surface area (Å²) in [7, 11) is 0. The number of thiophene rings is 2. The number of hydrogen-bond acceptors (Lipinski definition) is 8. The molecule has 9 heteroatoms. The molecule has 2 aromatic rings. The molecule has 3 rings (SSSR count). The summed E-state index contributed by atoms with van der Waals surface area (Å²) in [5.74, 6) is -2.40. The molecule has 1 aliphatic carbocycles. The molecule has 0 aliphatic heterocycles. The SMILES string of the molecule is CC(OC(=O)CCC(=O)[O-])c1cc2c(s1)C(=O)c1sccc1C2=O.[Na+]. The van der Waals surface area contributed by atoms with Crippen LogP contribution in [0.25, 0.3) is 0 Å². The summed E-state index contributed by atoms with van der Waals surface area (Å²) < 4.78 is 5.15. The summed E-state index contributed by atoms with van der Waals surface area (Å²) in [5.41, 5.74) is 0.726. The number of carboxylic acids is 1. The summed E-state index contributed by atoms with van der Waals surface area (Å²) in [6, 6.07) is 3.20. The second-order valence-corrected chi connectivity index (χ2v) is 7.22. The van der Waals surface area contributed by atoms with E-state index in [9.17, 15) is 24.3 Å². The maximum Gasteiger partial charge on any atom is 1.00 e. The normalized spacial score (nSPS) is 13.5. The first-order valence-electron chi connectivity index (χ1n) is 7.08. The first-order chi connectivity index (χ1) is 11.4. The Morgan fingerprint density at radius 1 is 1.16 bits per heavy atom. The average molecular weight is 386 g/mol. The Hall–Kier alpha value is -1.32. The average Bonchev–Trinajstić information content (AvgIpc) is 3.18. The summed E-state index contributed by atoms with van der Waals surface area (Å²) in [6.45, 7) is 1.61. The van der Waals surface area contributed by atoms with Crippen LogP contribution in [0.5, 0.6) is 0 Å². The fourth-order valence-electron chi connectivity index (χ4n) is 2.38. The zero-order valence-corrected chi connectivity index (χ0v) is 17.1. The fraction of sp³-hybridized carbons (Fsp3) is 0.250. The minimum atomic E-state index is -1.33. The van der Waals surface area contributed by atoms with E-state index in [0.717, 1.165) is 11.3 Å². The second kappa shape index (κ2) is 7.92. The Morgan fingerprint density at radius 2 is 1.88 bits per heavy atom. The number of carbonyl (C=O) groups is 4. The van der Waals surface area contributed by atoms with Gasteiger partial charge in [-0.15, -0.1) is 22.7 Å². The summed E-state index contributed by atoms with van der Waals surface area (Å²) in [6.07, 6.45) is -1.37. The number of aliphatic carboxylic acids is 1. The van der Waals surface area contributed by atoms with Crippen molar-refractivity contribution < 1.29 is 58.6 Å². The fourth-order valence-corrected chi connectivity index (χ4v) is 4.36. The molecule has 0 bridgehead atoms. The molecule has 0 N–H and O–H groups in total. The van der Waals surface area contributed by atoms with Crippen molar-refractivity contribution in [2.45, 2.75) is 25.9 Å². The van der Waals surface area contributed by atoms with Gasteiger partial charge in [0.2, 0.25) is 5.78 Å². The summed E-state index contributed by atoms with van der Waals surface area (Å²) >= 11 is 2.35. The van der Waals surface area contributed by atoms with Gasteiger partial charge in [0.1, 0.15) is 6.10 Å². The predicted molar refractivity (Wildman–Crippen MR) is 84.3 cm³/mol. The minimum absolute atomic E-state index is 0. The van der Waals surface area contributed by atoms with Gasteiger partial charge < -0.3 is 14.6 Å². The minimum Gasteiger partial charge on any atom is -0.550 e. The van der Waals surface area contributed by atoms with E-state index in [2.05, 4.69) is 0 Å². The number of ketones is 2. The number of esters is 1. The first kappa shape index (κ1) is 20.0. The Balaban J connectivity index is 0.00000225. The standard InChI is InChI=1S/C16H12O6S2.Na/c1-7(22-12(19)3-2-11(17)18)10-6-9-13(20)8-4-5-23-15(8)14(21)16(9)24-10;/h4-7H,2-3H2,1H3,(H,17,18);/q;+1/p-1. The van der Waals surface area contributed by atoms with Gasteiger partial charge in [0.15, 0.2) is 5.78 Å². The molecule has 0 radical (unpaired) electrons. The number of ether oxygens (including phenoxy) is 1. The van der Waals surface area contributed by atoms with Gasteiger partial charge in [0.25, 0.3) is 0 Å². The van der Waals surface area contributed by atoms with Gasteiger partial charge in [-0.2, -0.15) is 0 Å². The van der Waals surface area contributed by atoms with Gasteiger partial charge in [0, 0.05) is 22.0 Å². The Labute approximate surface area is 173 Å². The van der Waals surface area contributed by atoms with Gasteiger partial charge in [0.05, 0.1) is 16.2 Å². The van der Waals surface area contributed by atoms with Gasteiger partial charge in [-0.05, 0) is 30.9 Å². The molecule has 25 heavy (non-hydrogen) atoms. The van der Waals surface area contributed by atoms with Gasteiger partial charge in [-0.25, -0.2) is 0 Å². The van der Waals surface area contributed by atoms with Crippen LogP contribution in [0.3, 0.4) is 0 Å². The third-order valence-corrected chi connectivity index (χ3v) is 5.77. The second-order valence-electron chi connectivity index (χ2n) is 5.22. The van der Waals surface area contributed by atoms with Gasteiger partial charge >= 0.3 is 35.5 Å². The largest absolute Gasteiger partial charge is 1.00 e. The molecule has 2 heterocycles. The van der Waals surface area contributed by atoms with Crippen molar-refractivity contribution in [3.05, 3.63) is 43.3 Å². The third-order valence-electron chi connectivity index (χ3n) is 3.56. The predicted octanol–water partition coefficient (Wildman–Crippen LogP) is -1.28. The molecular weight excluding hydrogens is 375 g/mol. The monoisotopic (exact) mass is 386 g/mol. The molecule has 1 aliphatic rings. The molecule has 0 spiro atoms. The van der Waals surface area contributed by atoms with Crippen LogP contribution in [0, 0.1) is 0 Å². The van der Waals surface area contributed by atoms with Crippen LogP contribution in [-0.2, 0) is 14.3 Å². The van der Waals surface area contributed by atoms with E-state index in [1.54, 1.807) is 24.4 Å². The smallest absolute Gasteiger partial charge is 0.550 e. The van der Waals surface area contributed by atoms with E-state index in [1.165, 1.54) is 11.3 Å². The molecule has 0 amide bonds. The topological polar surface area (TPSA) is 101 Å². The van der Waals surface area contributed by atoms with Crippen LogP contribution in [0.2, 0.25) is 0 Å². The quantitative estimate of drug-likeness (QED) is 0.400. The van der Waals surface area contributed by atoms with Crippen molar-refractivity contribution in [2.75, 3.05) is 0 Å². The molecule has 124 valence electrons. The summed E-state index contributed by atoms with van der Waals surface area (Å²) in [4.78, 5) is 48.2. The van der Waals surface area contributed by atoms with E-state index < -0.39 is 24.5 Å². The van der Waals surface area contributed by atoms with Crippen molar-refractivity contribution in [1.82, 2.24) is 0 Å². The van der Waals surface area contributed by atoms with Crippen molar-refractivity contribution in [3.63, 3.8) is 0 Å². The Morgan fingerprint density at radius 3 is 2.56 bits per heavy atom. The van der Waals surface area contributed by atoms with Crippen LogP contribution in [0.15, 0.2) is 17.5 Å². The molecule has 0 saturated carbocycles. The maximum absolute atomic E-state index is 12.4. The summed E-state index contributed by atoms with van der Waals surface area (Å²) in [5, 5.41) is 12.1. The molecule has 1 unspecified atom stereocenters. The molecule has 6 nitrogen and oxygen atoms in total. The Kier molecular flexibility index (Phi) is 6.34. The first-order valence-corrected chi connectivity index (χ1v) is 8.78. The van der Waals surface area contributed by atoms with E-state index in [4.69, 9.17) is 4.74 Å². The number of carbonyl (C=O) groups excluding carboxylic acids is 4. The number of fused-ring (bicyclic) bond motifs is 2. The van der Waals surface area contributed by atoms with E-state index >= 15 is 0 Å². The Bertz CT molecular complexity index is 818. The maximum atomic E-state index is 12.4. The van der Waals surface area contributed by atoms with E-state index in [0.29, 0.717) is 25.8 Å². The number of hydrogen-bond donors (Lipinski definition) is 0. The molecule has 0 aromatic carbocycles. The molecule has 1 atom stereocenters. The zero-order chi connectivity index (χ0) is 17.4.